The Hall–Kier alpha value is -1.51. The Bertz CT molecular complexity index is 348. The predicted octanol–water partition coefficient (Wildman–Crippen LogP) is 1.13. The van der Waals surface area contributed by atoms with Gasteiger partial charge in [0.05, 0.1) is 5.71 Å². The number of fused-ring (bicyclic) bond motifs is 1. The van der Waals surface area contributed by atoms with Crippen molar-refractivity contribution in [1.82, 2.24) is 0 Å². The Morgan fingerprint density at radius 1 is 1.50 bits per heavy atom. The zero-order valence-corrected chi connectivity index (χ0v) is 6.69. The third-order valence-corrected chi connectivity index (χ3v) is 2.02. The van der Waals surface area contributed by atoms with Crippen LogP contribution < -0.4 is 0 Å². The first-order chi connectivity index (χ1) is 5.79. The zero-order chi connectivity index (χ0) is 8.55. The van der Waals surface area contributed by atoms with E-state index in [0.717, 1.165) is 11.3 Å². The number of aliphatic imine (C=N–C) groups is 2. The molecule has 1 amide bonds. The maximum absolute atomic E-state index is 11.3. The SMILES string of the molecule is CC1=CC=CC2=NC=NC(=O)C12. The molecule has 0 saturated heterocycles. The minimum Gasteiger partial charge on any atom is -0.271 e. The molecule has 0 aromatic carbocycles. The van der Waals surface area contributed by atoms with Crippen molar-refractivity contribution in [2.45, 2.75) is 6.92 Å². The van der Waals surface area contributed by atoms with Crippen LogP contribution in [0.1, 0.15) is 6.92 Å². The van der Waals surface area contributed by atoms with Crippen LogP contribution in [-0.4, -0.2) is 18.0 Å². The molecular formula is C9H8N2O. The summed E-state index contributed by atoms with van der Waals surface area (Å²) in [4.78, 5) is 19.0. The van der Waals surface area contributed by atoms with E-state index in [2.05, 4.69) is 9.98 Å². The molecule has 1 aliphatic carbocycles. The highest BCUT2D eigenvalue weighted by Crippen LogP contribution is 2.21. The lowest BCUT2D eigenvalue weighted by atomic mass is 9.89. The van der Waals surface area contributed by atoms with Gasteiger partial charge in [0.2, 0.25) is 0 Å². The lowest BCUT2D eigenvalue weighted by Gasteiger charge is -2.18. The van der Waals surface area contributed by atoms with Crippen LogP contribution in [0.4, 0.5) is 0 Å². The second-order valence-electron chi connectivity index (χ2n) is 2.84. The topological polar surface area (TPSA) is 41.8 Å². The lowest BCUT2D eigenvalue weighted by molar-refractivity contribution is -0.118. The summed E-state index contributed by atoms with van der Waals surface area (Å²) in [6, 6.07) is 0. The van der Waals surface area contributed by atoms with Crippen LogP contribution in [-0.2, 0) is 4.79 Å². The Labute approximate surface area is 70.2 Å². The normalized spacial score (nSPS) is 26.4. The summed E-state index contributed by atoms with van der Waals surface area (Å²) in [6.07, 6.45) is 6.98. The molecule has 0 fully saturated rings. The average molecular weight is 160 g/mol. The number of amides is 1. The molecular weight excluding hydrogens is 152 g/mol. The van der Waals surface area contributed by atoms with Crippen molar-refractivity contribution in [2.24, 2.45) is 15.9 Å². The van der Waals surface area contributed by atoms with Gasteiger partial charge in [-0.05, 0) is 13.0 Å². The fourth-order valence-electron chi connectivity index (χ4n) is 1.39. The van der Waals surface area contributed by atoms with Gasteiger partial charge < -0.3 is 0 Å². The van der Waals surface area contributed by atoms with E-state index >= 15 is 0 Å². The highest BCUT2D eigenvalue weighted by atomic mass is 16.1. The van der Waals surface area contributed by atoms with Gasteiger partial charge in [0.25, 0.3) is 5.91 Å². The molecule has 0 N–H and O–H groups in total. The van der Waals surface area contributed by atoms with Gasteiger partial charge in [-0.3, -0.25) is 4.79 Å². The lowest BCUT2D eigenvalue weighted by Crippen LogP contribution is -2.27. The molecule has 1 heterocycles. The second kappa shape index (κ2) is 2.52. The van der Waals surface area contributed by atoms with Crippen LogP contribution >= 0.6 is 0 Å². The molecule has 0 spiro atoms. The van der Waals surface area contributed by atoms with E-state index in [4.69, 9.17) is 0 Å². The summed E-state index contributed by atoms with van der Waals surface area (Å²) < 4.78 is 0. The third-order valence-electron chi connectivity index (χ3n) is 2.02. The number of hydrogen-bond acceptors (Lipinski definition) is 2. The maximum atomic E-state index is 11.3. The monoisotopic (exact) mass is 160 g/mol. The van der Waals surface area contributed by atoms with Crippen LogP contribution in [0, 0.1) is 5.92 Å². The Kier molecular flexibility index (Phi) is 1.50. The largest absolute Gasteiger partial charge is 0.271 e. The summed E-state index contributed by atoms with van der Waals surface area (Å²) in [5.74, 6) is -0.335. The van der Waals surface area contributed by atoms with Crippen molar-refractivity contribution in [3.8, 4) is 0 Å². The molecule has 2 rings (SSSR count). The second-order valence-corrected chi connectivity index (χ2v) is 2.84. The minimum atomic E-state index is -0.222. The number of allylic oxidation sites excluding steroid dienone is 3. The summed E-state index contributed by atoms with van der Waals surface area (Å²) in [7, 11) is 0. The van der Waals surface area contributed by atoms with Crippen LogP contribution in [0.5, 0.6) is 0 Å². The van der Waals surface area contributed by atoms with Crippen LogP contribution in [0.3, 0.4) is 0 Å². The third kappa shape index (κ3) is 0.942. The Morgan fingerprint density at radius 3 is 3.08 bits per heavy atom. The predicted molar refractivity (Wildman–Crippen MR) is 47.3 cm³/mol. The molecule has 0 aromatic rings. The van der Waals surface area contributed by atoms with Crippen molar-refractivity contribution in [3.63, 3.8) is 0 Å². The van der Waals surface area contributed by atoms with E-state index < -0.39 is 0 Å². The fraction of sp³-hybridized carbons (Fsp3) is 0.222. The van der Waals surface area contributed by atoms with Gasteiger partial charge >= 0.3 is 0 Å². The first-order valence-electron chi connectivity index (χ1n) is 3.78. The number of rotatable bonds is 0. The van der Waals surface area contributed by atoms with E-state index in [0.29, 0.717) is 0 Å². The van der Waals surface area contributed by atoms with Gasteiger partial charge in [-0.1, -0.05) is 17.7 Å². The molecule has 2 aliphatic rings. The van der Waals surface area contributed by atoms with Crippen LogP contribution in [0.25, 0.3) is 0 Å². The summed E-state index contributed by atoms with van der Waals surface area (Å²) in [6.45, 7) is 1.92. The van der Waals surface area contributed by atoms with E-state index in [-0.39, 0.29) is 11.8 Å². The van der Waals surface area contributed by atoms with Crippen molar-refractivity contribution in [2.75, 3.05) is 0 Å². The van der Waals surface area contributed by atoms with Crippen LogP contribution in [0.2, 0.25) is 0 Å². The van der Waals surface area contributed by atoms with Gasteiger partial charge in [0, 0.05) is 0 Å². The number of hydrogen-bond donors (Lipinski definition) is 0. The van der Waals surface area contributed by atoms with Gasteiger partial charge in [-0.25, -0.2) is 9.98 Å². The molecule has 1 aliphatic heterocycles. The van der Waals surface area contributed by atoms with Gasteiger partial charge in [0.15, 0.2) is 0 Å². The summed E-state index contributed by atoms with van der Waals surface area (Å²) in [5, 5.41) is 0. The molecule has 1 atom stereocenters. The van der Waals surface area contributed by atoms with Crippen molar-refractivity contribution in [1.29, 1.82) is 0 Å². The highest BCUT2D eigenvalue weighted by molar-refractivity contribution is 6.18. The molecule has 3 nitrogen and oxygen atoms in total. The maximum Gasteiger partial charge on any atom is 0.260 e. The zero-order valence-electron chi connectivity index (χ0n) is 6.69. The molecule has 1 unspecified atom stereocenters. The molecule has 3 heteroatoms. The Balaban J connectivity index is 2.47. The quantitative estimate of drug-likeness (QED) is 0.523. The van der Waals surface area contributed by atoms with E-state index in [1.165, 1.54) is 6.34 Å². The first kappa shape index (κ1) is 7.16. The highest BCUT2D eigenvalue weighted by Gasteiger charge is 2.27. The van der Waals surface area contributed by atoms with Crippen LogP contribution in [0.15, 0.2) is 33.8 Å². The molecule has 60 valence electrons. The van der Waals surface area contributed by atoms with Gasteiger partial charge in [-0.15, -0.1) is 0 Å². The molecule has 12 heavy (non-hydrogen) atoms. The smallest absolute Gasteiger partial charge is 0.260 e. The van der Waals surface area contributed by atoms with Crippen molar-refractivity contribution in [3.05, 3.63) is 23.8 Å². The fourth-order valence-corrected chi connectivity index (χ4v) is 1.39. The average Bonchev–Trinajstić information content (AvgIpc) is 2.04. The van der Waals surface area contributed by atoms with Crippen molar-refractivity contribution >= 4 is 18.0 Å². The van der Waals surface area contributed by atoms with Crippen molar-refractivity contribution < 1.29 is 4.79 Å². The Morgan fingerprint density at radius 2 is 2.33 bits per heavy atom. The molecule has 0 bridgehead atoms. The van der Waals surface area contributed by atoms with Gasteiger partial charge in [-0.2, -0.15) is 0 Å². The van der Waals surface area contributed by atoms with E-state index in [9.17, 15) is 4.79 Å². The summed E-state index contributed by atoms with van der Waals surface area (Å²) >= 11 is 0. The molecule has 0 radical (unpaired) electrons. The minimum absolute atomic E-state index is 0.113. The van der Waals surface area contributed by atoms with E-state index in [1.807, 2.05) is 25.2 Å². The first-order valence-corrected chi connectivity index (χ1v) is 3.78. The molecule has 0 saturated carbocycles. The standard InChI is InChI=1S/C9H8N2O/c1-6-3-2-4-7-8(6)9(12)11-5-10-7/h2-5,8H,1H3. The number of carbonyl (C=O) groups excluding carboxylic acids is 1. The number of nitrogens with zero attached hydrogens (tertiary/aromatic N) is 2. The van der Waals surface area contributed by atoms with Gasteiger partial charge in [0.1, 0.15) is 12.3 Å². The number of carbonyl (C=O) groups is 1. The summed E-state index contributed by atoms with van der Waals surface area (Å²) in [5.41, 5.74) is 1.81. The van der Waals surface area contributed by atoms with E-state index in [1.54, 1.807) is 0 Å². The molecule has 0 aromatic heterocycles.